The number of carbonyl (C=O) groups is 2. The second kappa shape index (κ2) is 10.1. The summed E-state index contributed by atoms with van der Waals surface area (Å²) in [6.45, 7) is 12.0. The van der Waals surface area contributed by atoms with Gasteiger partial charge in [-0.2, -0.15) is 0 Å². The van der Waals surface area contributed by atoms with Crippen LogP contribution in [0.15, 0.2) is 48.0 Å². The molecule has 1 N–H and O–H groups in total. The highest BCUT2D eigenvalue weighted by atomic mass is 35.5. The molecule has 0 aliphatic heterocycles. The standard InChI is InChI=1S/C26H33ClN2O2/c1-17-10-8-9-11-20(17)12-13-21-16-23(18(2)14-22(21)27)29(25(31)28-7)24(30)15-19(3)26(4,5)6/h8-11,14-16H,12-13H2,1-7H3,(H,28,31)/b19-15+. The third-order valence-corrected chi connectivity index (χ3v) is 6.04. The summed E-state index contributed by atoms with van der Waals surface area (Å²) >= 11 is 6.53. The first kappa shape index (κ1) is 24.7. The summed E-state index contributed by atoms with van der Waals surface area (Å²) in [6.07, 6.45) is 3.08. The highest BCUT2D eigenvalue weighted by Gasteiger charge is 2.25. The molecule has 166 valence electrons. The first-order valence-electron chi connectivity index (χ1n) is 10.5. The second-order valence-electron chi connectivity index (χ2n) is 8.96. The fourth-order valence-electron chi connectivity index (χ4n) is 3.20. The van der Waals surface area contributed by atoms with Gasteiger partial charge in [0.25, 0.3) is 5.91 Å². The number of nitrogens with zero attached hydrogens (tertiary/aromatic N) is 1. The molecular formula is C26H33ClN2O2. The number of hydrogen-bond donors (Lipinski definition) is 1. The van der Waals surface area contributed by atoms with E-state index in [0.717, 1.165) is 23.1 Å². The van der Waals surface area contributed by atoms with Gasteiger partial charge in [-0.15, -0.1) is 0 Å². The lowest BCUT2D eigenvalue weighted by atomic mass is 9.87. The predicted molar refractivity (Wildman–Crippen MR) is 130 cm³/mol. The van der Waals surface area contributed by atoms with Crippen molar-refractivity contribution < 1.29 is 9.59 Å². The molecule has 0 saturated heterocycles. The number of halogens is 1. The van der Waals surface area contributed by atoms with Crippen molar-refractivity contribution in [2.24, 2.45) is 5.41 Å². The third kappa shape index (κ3) is 6.20. The van der Waals surface area contributed by atoms with Gasteiger partial charge in [0, 0.05) is 18.1 Å². The van der Waals surface area contributed by atoms with Crippen molar-refractivity contribution in [2.45, 2.75) is 54.4 Å². The number of nitrogens with one attached hydrogen (secondary N) is 1. The Morgan fingerprint density at radius 3 is 2.23 bits per heavy atom. The van der Waals surface area contributed by atoms with Crippen molar-refractivity contribution in [1.82, 2.24) is 5.32 Å². The van der Waals surface area contributed by atoms with E-state index < -0.39 is 6.03 Å². The Bertz CT molecular complexity index is 1000. The summed E-state index contributed by atoms with van der Waals surface area (Å²) in [4.78, 5) is 27.0. The molecule has 0 saturated carbocycles. The van der Waals surface area contributed by atoms with E-state index >= 15 is 0 Å². The Balaban J connectivity index is 2.44. The van der Waals surface area contributed by atoms with Crippen molar-refractivity contribution in [3.05, 3.63) is 75.3 Å². The fraction of sp³-hybridized carbons (Fsp3) is 0.385. The van der Waals surface area contributed by atoms with Crippen LogP contribution in [0.2, 0.25) is 5.02 Å². The van der Waals surface area contributed by atoms with Gasteiger partial charge in [0.1, 0.15) is 0 Å². The summed E-state index contributed by atoms with van der Waals surface area (Å²) in [7, 11) is 1.52. The van der Waals surface area contributed by atoms with Crippen molar-refractivity contribution in [3.63, 3.8) is 0 Å². The summed E-state index contributed by atoms with van der Waals surface area (Å²) in [5.74, 6) is -0.373. The number of amides is 3. The van der Waals surface area contributed by atoms with Crippen LogP contribution in [0.4, 0.5) is 10.5 Å². The first-order valence-corrected chi connectivity index (χ1v) is 10.9. The molecule has 2 aromatic carbocycles. The van der Waals surface area contributed by atoms with E-state index in [2.05, 4.69) is 24.4 Å². The number of urea groups is 1. The average molecular weight is 441 g/mol. The molecule has 0 aliphatic carbocycles. The Labute approximate surface area is 191 Å². The van der Waals surface area contributed by atoms with Crippen molar-refractivity contribution in [3.8, 4) is 0 Å². The van der Waals surface area contributed by atoms with Gasteiger partial charge < -0.3 is 5.32 Å². The van der Waals surface area contributed by atoms with E-state index in [1.807, 2.05) is 58.9 Å². The summed E-state index contributed by atoms with van der Waals surface area (Å²) in [5.41, 5.74) is 5.44. The fourth-order valence-corrected chi connectivity index (χ4v) is 3.52. The second-order valence-corrected chi connectivity index (χ2v) is 9.37. The van der Waals surface area contributed by atoms with Gasteiger partial charge in [-0.05, 0) is 73.4 Å². The normalized spacial score (nSPS) is 11.9. The van der Waals surface area contributed by atoms with Crippen LogP contribution in [0.5, 0.6) is 0 Å². The molecule has 4 nitrogen and oxygen atoms in total. The molecule has 2 rings (SSSR count). The molecule has 0 spiro atoms. The molecule has 0 unspecified atom stereocenters. The van der Waals surface area contributed by atoms with E-state index in [1.165, 1.54) is 29.2 Å². The molecule has 31 heavy (non-hydrogen) atoms. The first-order chi connectivity index (χ1) is 14.5. The number of benzene rings is 2. The molecular weight excluding hydrogens is 408 g/mol. The van der Waals surface area contributed by atoms with Gasteiger partial charge in [0.2, 0.25) is 0 Å². The lowest BCUT2D eigenvalue weighted by Gasteiger charge is -2.24. The molecule has 0 bridgehead atoms. The van der Waals surface area contributed by atoms with Gasteiger partial charge in [-0.1, -0.05) is 62.2 Å². The van der Waals surface area contributed by atoms with Crippen LogP contribution in [-0.2, 0) is 17.6 Å². The van der Waals surface area contributed by atoms with Crippen LogP contribution in [0.3, 0.4) is 0 Å². The zero-order valence-electron chi connectivity index (χ0n) is 19.6. The van der Waals surface area contributed by atoms with E-state index in [1.54, 1.807) is 0 Å². The summed E-state index contributed by atoms with van der Waals surface area (Å²) < 4.78 is 0. The van der Waals surface area contributed by atoms with Crippen LogP contribution in [-0.4, -0.2) is 19.0 Å². The highest BCUT2D eigenvalue weighted by Crippen LogP contribution is 2.30. The number of allylic oxidation sites excluding steroid dienone is 1. The smallest absolute Gasteiger partial charge is 0.328 e. The third-order valence-electron chi connectivity index (χ3n) is 5.69. The zero-order chi connectivity index (χ0) is 23.3. The van der Waals surface area contributed by atoms with Crippen LogP contribution >= 0.6 is 11.6 Å². The van der Waals surface area contributed by atoms with Crippen LogP contribution in [0.1, 0.15) is 49.9 Å². The van der Waals surface area contributed by atoms with E-state index in [-0.39, 0.29) is 11.3 Å². The monoisotopic (exact) mass is 440 g/mol. The van der Waals surface area contributed by atoms with Gasteiger partial charge in [-0.25, -0.2) is 9.69 Å². The van der Waals surface area contributed by atoms with Gasteiger partial charge in [-0.3, -0.25) is 4.79 Å². The number of carbonyl (C=O) groups excluding carboxylic acids is 2. The van der Waals surface area contributed by atoms with Crippen molar-refractivity contribution in [2.75, 3.05) is 11.9 Å². The zero-order valence-corrected chi connectivity index (χ0v) is 20.4. The molecule has 0 aromatic heterocycles. The maximum atomic E-state index is 13.1. The topological polar surface area (TPSA) is 49.4 Å². The Morgan fingerprint density at radius 2 is 1.65 bits per heavy atom. The minimum atomic E-state index is -0.474. The molecule has 5 heteroatoms. The van der Waals surface area contributed by atoms with E-state index in [9.17, 15) is 9.59 Å². The van der Waals surface area contributed by atoms with Crippen LogP contribution in [0.25, 0.3) is 0 Å². The maximum Gasteiger partial charge on any atom is 0.328 e. The number of anilines is 1. The van der Waals surface area contributed by atoms with E-state index in [0.29, 0.717) is 17.1 Å². The quantitative estimate of drug-likeness (QED) is 0.546. The Hall–Kier alpha value is -2.59. The molecule has 0 fully saturated rings. The molecule has 0 heterocycles. The summed E-state index contributed by atoms with van der Waals surface area (Å²) in [6, 6.07) is 11.5. The molecule has 0 radical (unpaired) electrons. The van der Waals surface area contributed by atoms with Gasteiger partial charge >= 0.3 is 6.03 Å². The minimum Gasteiger partial charge on any atom is -0.340 e. The number of hydrogen-bond acceptors (Lipinski definition) is 2. The Kier molecular flexibility index (Phi) is 8.08. The van der Waals surface area contributed by atoms with Gasteiger partial charge in [0.05, 0.1) is 5.69 Å². The lowest BCUT2D eigenvalue weighted by molar-refractivity contribution is -0.113. The average Bonchev–Trinajstić information content (AvgIpc) is 2.69. The molecule has 0 aliphatic rings. The predicted octanol–water partition coefficient (Wildman–Crippen LogP) is 6.41. The minimum absolute atomic E-state index is 0.169. The number of aryl methyl sites for hydroxylation is 4. The number of imide groups is 1. The van der Waals surface area contributed by atoms with Crippen LogP contribution < -0.4 is 10.2 Å². The van der Waals surface area contributed by atoms with Gasteiger partial charge in [0.15, 0.2) is 0 Å². The van der Waals surface area contributed by atoms with E-state index in [4.69, 9.17) is 11.6 Å². The lowest BCUT2D eigenvalue weighted by Crippen LogP contribution is -2.42. The molecule has 2 aromatic rings. The van der Waals surface area contributed by atoms with Crippen molar-refractivity contribution >= 4 is 29.2 Å². The highest BCUT2D eigenvalue weighted by molar-refractivity contribution is 6.31. The summed E-state index contributed by atoms with van der Waals surface area (Å²) in [5, 5.41) is 3.23. The number of rotatable bonds is 5. The molecule has 0 atom stereocenters. The van der Waals surface area contributed by atoms with Crippen LogP contribution in [0, 0.1) is 19.3 Å². The SMILES string of the molecule is CNC(=O)N(C(=O)/C=C(\C)C(C)(C)C)c1cc(CCc2ccccc2C)c(Cl)cc1C. The largest absolute Gasteiger partial charge is 0.340 e. The molecule has 3 amide bonds. The maximum absolute atomic E-state index is 13.1. The van der Waals surface area contributed by atoms with Crippen molar-refractivity contribution in [1.29, 1.82) is 0 Å². The Morgan fingerprint density at radius 1 is 1.03 bits per heavy atom.